The van der Waals surface area contributed by atoms with Gasteiger partial charge in [0.05, 0.1) is 27.5 Å². The van der Waals surface area contributed by atoms with Crippen molar-refractivity contribution in [1.29, 1.82) is 0 Å². The summed E-state index contributed by atoms with van der Waals surface area (Å²) in [4.78, 5) is 5.09. The van der Waals surface area contributed by atoms with E-state index in [-0.39, 0.29) is 5.41 Å². The molecule has 5 rings (SSSR count). The number of benzene rings is 2. The molecule has 0 fully saturated rings. The molecule has 122 valence electrons. The summed E-state index contributed by atoms with van der Waals surface area (Å²) in [5, 5.41) is 3.93. The molecule has 0 bridgehead atoms. The number of aromatic nitrogens is 2. The second-order valence-electron chi connectivity index (χ2n) is 7.63. The number of rotatable bonds is 1. The van der Waals surface area contributed by atoms with Gasteiger partial charge in [0.2, 0.25) is 0 Å². The lowest BCUT2D eigenvalue weighted by atomic mass is 9.92. The highest BCUT2D eigenvalue weighted by Crippen LogP contribution is 2.44. The van der Waals surface area contributed by atoms with E-state index in [9.17, 15) is 0 Å². The van der Waals surface area contributed by atoms with Gasteiger partial charge in [0.15, 0.2) is 0 Å². The summed E-state index contributed by atoms with van der Waals surface area (Å²) in [5.41, 5.74) is 6.10. The largest absolute Gasteiger partial charge is 0.301 e. The Morgan fingerprint density at radius 1 is 0.880 bits per heavy atom. The summed E-state index contributed by atoms with van der Waals surface area (Å²) in [6.45, 7) is 6.76. The van der Waals surface area contributed by atoms with Gasteiger partial charge < -0.3 is 4.40 Å². The minimum atomic E-state index is 0.00837. The molecule has 3 aromatic heterocycles. The Labute approximate surface area is 148 Å². The van der Waals surface area contributed by atoms with Crippen LogP contribution < -0.4 is 0 Å². The number of hydrogen-bond donors (Lipinski definition) is 0. The SMILES string of the molecule is CC(C)(C)c1nc2cccc3ccc4c(-c5ccccc5)pc1n4c32. The normalized spacial score (nSPS) is 12.9. The van der Waals surface area contributed by atoms with E-state index in [2.05, 4.69) is 85.8 Å². The molecular weight excluding hydrogens is 323 g/mol. The lowest BCUT2D eigenvalue weighted by Gasteiger charge is -2.21. The van der Waals surface area contributed by atoms with Crippen LogP contribution >= 0.6 is 8.19 Å². The summed E-state index contributed by atoms with van der Waals surface area (Å²) in [6.07, 6.45) is 0. The fraction of sp³-hybridized carbons (Fsp3) is 0.182. The second-order valence-corrected chi connectivity index (χ2v) is 8.72. The van der Waals surface area contributed by atoms with Crippen LogP contribution in [-0.2, 0) is 5.41 Å². The highest BCUT2D eigenvalue weighted by atomic mass is 31.0. The molecule has 0 radical (unpaired) electrons. The van der Waals surface area contributed by atoms with Crippen LogP contribution in [0.5, 0.6) is 0 Å². The van der Waals surface area contributed by atoms with E-state index in [1.54, 1.807) is 0 Å². The molecule has 5 aromatic rings. The number of pyridine rings is 1. The zero-order valence-electron chi connectivity index (χ0n) is 14.6. The van der Waals surface area contributed by atoms with Crippen LogP contribution in [0.3, 0.4) is 0 Å². The van der Waals surface area contributed by atoms with E-state index in [0.717, 1.165) is 5.52 Å². The van der Waals surface area contributed by atoms with Crippen molar-refractivity contribution in [3.63, 3.8) is 0 Å². The Hall–Kier alpha value is -2.44. The first-order chi connectivity index (χ1) is 12.0. The van der Waals surface area contributed by atoms with Crippen LogP contribution in [0.4, 0.5) is 0 Å². The highest BCUT2D eigenvalue weighted by Gasteiger charge is 2.24. The van der Waals surface area contributed by atoms with Crippen LogP contribution in [0.1, 0.15) is 26.5 Å². The summed E-state index contributed by atoms with van der Waals surface area (Å²) in [7, 11) is 1.24. The Bertz CT molecular complexity index is 1210. The predicted octanol–water partition coefficient (Wildman–Crippen LogP) is 6.62. The number of para-hydroxylation sites is 1. The van der Waals surface area contributed by atoms with Gasteiger partial charge in [-0.1, -0.05) is 69.3 Å². The van der Waals surface area contributed by atoms with Crippen molar-refractivity contribution >= 4 is 35.4 Å². The maximum atomic E-state index is 5.09. The second kappa shape index (κ2) is 5.03. The van der Waals surface area contributed by atoms with E-state index in [0.29, 0.717) is 0 Å². The molecule has 0 amide bonds. The van der Waals surface area contributed by atoms with Crippen LogP contribution in [-0.4, -0.2) is 9.38 Å². The molecular formula is C22H19N2P. The smallest absolute Gasteiger partial charge is 0.0964 e. The first-order valence-electron chi connectivity index (χ1n) is 8.63. The average molecular weight is 342 g/mol. The van der Waals surface area contributed by atoms with Crippen molar-refractivity contribution in [2.24, 2.45) is 0 Å². The molecule has 0 aliphatic heterocycles. The summed E-state index contributed by atoms with van der Waals surface area (Å²) in [5.74, 6) is 0. The van der Waals surface area contributed by atoms with E-state index in [4.69, 9.17) is 4.98 Å². The van der Waals surface area contributed by atoms with Crippen LogP contribution in [0.2, 0.25) is 0 Å². The van der Waals surface area contributed by atoms with E-state index in [1.165, 1.54) is 46.4 Å². The van der Waals surface area contributed by atoms with Crippen molar-refractivity contribution in [2.45, 2.75) is 26.2 Å². The summed E-state index contributed by atoms with van der Waals surface area (Å²) >= 11 is 0. The van der Waals surface area contributed by atoms with Crippen molar-refractivity contribution in [3.8, 4) is 10.9 Å². The van der Waals surface area contributed by atoms with Gasteiger partial charge in [-0.15, -0.1) is 0 Å². The zero-order chi connectivity index (χ0) is 17.2. The molecule has 0 saturated carbocycles. The molecule has 0 N–H and O–H groups in total. The van der Waals surface area contributed by atoms with Crippen molar-refractivity contribution in [2.75, 3.05) is 0 Å². The molecule has 3 heterocycles. The van der Waals surface area contributed by atoms with Gasteiger partial charge in [0.1, 0.15) is 0 Å². The quantitative estimate of drug-likeness (QED) is 0.334. The Kier molecular flexibility index (Phi) is 2.99. The highest BCUT2D eigenvalue weighted by molar-refractivity contribution is 7.40. The molecule has 2 aromatic carbocycles. The summed E-state index contributed by atoms with van der Waals surface area (Å²) in [6, 6.07) is 21.6. The zero-order valence-corrected chi connectivity index (χ0v) is 15.5. The van der Waals surface area contributed by atoms with Gasteiger partial charge in [-0.05, 0) is 25.9 Å². The fourth-order valence-corrected chi connectivity index (χ4v) is 5.22. The molecule has 0 unspecified atom stereocenters. The monoisotopic (exact) mass is 342 g/mol. The molecule has 0 spiro atoms. The van der Waals surface area contributed by atoms with Gasteiger partial charge in [0.25, 0.3) is 0 Å². The van der Waals surface area contributed by atoms with Crippen molar-refractivity contribution < 1.29 is 0 Å². The molecule has 3 heteroatoms. The molecule has 0 aliphatic carbocycles. The minimum absolute atomic E-state index is 0.00837. The Morgan fingerprint density at radius 3 is 2.44 bits per heavy atom. The minimum Gasteiger partial charge on any atom is -0.301 e. The van der Waals surface area contributed by atoms with E-state index >= 15 is 0 Å². The first-order valence-corrected chi connectivity index (χ1v) is 9.53. The van der Waals surface area contributed by atoms with E-state index in [1.807, 2.05) is 0 Å². The van der Waals surface area contributed by atoms with Gasteiger partial charge in [-0.3, -0.25) is 0 Å². The third-order valence-corrected chi connectivity index (χ3v) is 6.14. The average Bonchev–Trinajstić information content (AvgIpc) is 3.00. The maximum Gasteiger partial charge on any atom is 0.0964 e. The number of hydrogen-bond acceptors (Lipinski definition) is 1. The molecule has 0 aliphatic rings. The van der Waals surface area contributed by atoms with Crippen molar-refractivity contribution in [3.05, 3.63) is 66.4 Å². The van der Waals surface area contributed by atoms with Crippen LogP contribution in [0.15, 0.2) is 60.7 Å². The van der Waals surface area contributed by atoms with E-state index < -0.39 is 0 Å². The molecule has 0 saturated heterocycles. The third kappa shape index (κ3) is 2.11. The molecule has 25 heavy (non-hydrogen) atoms. The molecule has 0 atom stereocenters. The molecule has 2 nitrogen and oxygen atoms in total. The van der Waals surface area contributed by atoms with Gasteiger partial charge in [0, 0.05) is 16.1 Å². The number of nitrogens with zero attached hydrogens (tertiary/aromatic N) is 2. The summed E-state index contributed by atoms with van der Waals surface area (Å²) < 4.78 is 2.45. The standard InChI is InChI=1S/C22H19N2P/c1-22(2,3)20-21-24-17(19(25-21)15-8-5-4-6-9-15)13-12-14-10-7-11-16(23-20)18(14)24/h4-13H,1-3H3. The topological polar surface area (TPSA) is 17.3 Å². The predicted molar refractivity (Wildman–Crippen MR) is 108 cm³/mol. The lowest BCUT2D eigenvalue weighted by Crippen LogP contribution is -2.15. The lowest BCUT2D eigenvalue weighted by molar-refractivity contribution is 0.576. The van der Waals surface area contributed by atoms with Crippen LogP contribution in [0.25, 0.3) is 38.0 Å². The Morgan fingerprint density at radius 2 is 1.68 bits per heavy atom. The third-order valence-electron chi connectivity index (χ3n) is 4.81. The fourth-order valence-electron chi connectivity index (χ4n) is 3.64. The van der Waals surface area contributed by atoms with Gasteiger partial charge in [-0.25, -0.2) is 4.98 Å². The van der Waals surface area contributed by atoms with Gasteiger partial charge >= 0.3 is 0 Å². The first kappa shape index (κ1) is 14.9. The van der Waals surface area contributed by atoms with Crippen LogP contribution in [0, 0.1) is 0 Å². The maximum absolute atomic E-state index is 5.09. The van der Waals surface area contributed by atoms with Crippen molar-refractivity contribution in [1.82, 2.24) is 9.38 Å². The van der Waals surface area contributed by atoms with Gasteiger partial charge in [-0.2, -0.15) is 0 Å². The Balaban J connectivity index is 2.03.